The second-order valence-corrected chi connectivity index (χ2v) is 7.85. The van der Waals surface area contributed by atoms with Gasteiger partial charge < -0.3 is 14.8 Å². The number of allylic oxidation sites excluding steroid dienone is 1. The third-order valence-corrected chi connectivity index (χ3v) is 4.87. The SMILES string of the molecule is CCCCOc1ccc(Br)cc1C1C(C(=O)OC(C)C)=C(C)Nc2ncnn21. The van der Waals surface area contributed by atoms with Gasteiger partial charge in [-0.05, 0) is 45.4 Å². The fourth-order valence-electron chi connectivity index (χ4n) is 3.11. The van der Waals surface area contributed by atoms with E-state index < -0.39 is 6.04 Å². The summed E-state index contributed by atoms with van der Waals surface area (Å²) in [5.41, 5.74) is 2.01. The number of ether oxygens (including phenoxy) is 2. The Morgan fingerprint density at radius 1 is 1.39 bits per heavy atom. The van der Waals surface area contributed by atoms with E-state index in [2.05, 4.69) is 38.3 Å². The van der Waals surface area contributed by atoms with Gasteiger partial charge in [-0.25, -0.2) is 9.48 Å². The van der Waals surface area contributed by atoms with Gasteiger partial charge in [0.25, 0.3) is 0 Å². The molecule has 150 valence electrons. The molecule has 28 heavy (non-hydrogen) atoms. The number of carbonyl (C=O) groups excluding carboxylic acids is 1. The number of unbranched alkanes of at least 4 members (excludes halogenated alkanes) is 1. The summed E-state index contributed by atoms with van der Waals surface area (Å²) in [5.74, 6) is 0.904. The molecule has 0 saturated carbocycles. The molecule has 1 N–H and O–H groups in total. The summed E-state index contributed by atoms with van der Waals surface area (Å²) < 4.78 is 14.1. The van der Waals surface area contributed by atoms with Crippen molar-refractivity contribution in [2.24, 2.45) is 0 Å². The van der Waals surface area contributed by atoms with E-state index in [1.165, 1.54) is 6.33 Å². The smallest absolute Gasteiger partial charge is 0.338 e. The predicted molar refractivity (Wildman–Crippen MR) is 110 cm³/mol. The van der Waals surface area contributed by atoms with Crippen molar-refractivity contribution >= 4 is 27.8 Å². The van der Waals surface area contributed by atoms with Gasteiger partial charge in [0.2, 0.25) is 5.95 Å². The van der Waals surface area contributed by atoms with E-state index in [0.29, 0.717) is 29.6 Å². The van der Waals surface area contributed by atoms with Crippen LogP contribution >= 0.6 is 15.9 Å². The Labute approximate surface area is 173 Å². The molecule has 8 heteroatoms. The summed E-state index contributed by atoms with van der Waals surface area (Å²) in [6.45, 7) is 8.23. The predicted octanol–water partition coefficient (Wildman–Crippen LogP) is 4.46. The minimum Gasteiger partial charge on any atom is -0.493 e. The van der Waals surface area contributed by atoms with E-state index in [1.54, 1.807) is 4.68 Å². The van der Waals surface area contributed by atoms with Gasteiger partial charge in [0.15, 0.2) is 0 Å². The molecule has 3 rings (SSSR count). The molecular formula is C20H25BrN4O3. The number of halogens is 1. The highest BCUT2D eigenvalue weighted by molar-refractivity contribution is 9.10. The van der Waals surface area contributed by atoms with Crippen molar-refractivity contribution in [2.45, 2.75) is 52.7 Å². The van der Waals surface area contributed by atoms with Gasteiger partial charge in [0, 0.05) is 15.7 Å². The standard InChI is InChI=1S/C20H25BrN4O3/c1-5-6-9-27-16-8-7-14(21)10-15(16)18-17(19(26)28-12(2)3)13(4)24-20-22-11-23-25(18)20/h7-8,10-12,18H,5-6,9H2,1-4H3,(H,22,23,24). The third-order valence-electron chi connectivity index (χ3n) is 4.38. The monoisotopic (exact) mass is 448 g/mol. The molecule has 2 heterocycles. The topological polar surface area (TPSA) is 78.3 Å². The molecule has 1 aliphatic heterocycles. The molecule has 0 radical (unpaired) electrons. The zero-order chi connectivity index (χ0) is 20.3. The van der Waals surface area contributed by atoms with Crippen LogP contribution in [-0.2, 0) is 9.53 Å². The minimum absolute atomic E-state index is 0.228. The van der Waals surface area contributed by atoms with Crippen molar-refractivity contribution in [3.63, 3.8) is 0 Å². The Bertz CT molecular complexity index is 891. The summed E-state index contributed by atoms with van der Waals surface area (Å²) in [7, 11) is 0. The quantitative estimate of drug-likeness (QED) is 0.497. The maximum Gasteiger partial charge on any atom is 0.338 e. The number of hydrogen-bond donors (Lipinski definition) is 1. The highest BCUT2D eigenvalue weighted by Crippen LogP contribution is 2.40. The van der Waals surface area contributed by atoms with E-state index in [4.69, 9.17) is 9.47 Å². The first kappa shape index (κ1) is 20.4. The third kappa shape index (κ3) is 4.22. The number of anilines is 1. The molecule has 0 fully saturated rings. The van der Waals surface area contributed by atoms with Crippen molar-refractivity contribution in [2.75, 3.05) is 11.9 Å². The maximum absolute atomic E-state index is 13.0. The van der Waals surface area contributed by atoms with Gasteiger partial charge in [-0.2, -0.15) is 10.1 Å². The van der Waals surface area contributed by atoms with Gasteiger partial charge in [-0.3, -0.25) is 0 Å². The summed E-state index contributed by atoms with van der Waals surface area (Å²) in [6, 6.07) is 5.29. The van der Waals surface area contributed by atoms with Crippen LogP contribution in [0.2, 0.25) is 0 Å². The Morgan fingerprint density at radius 3 is 2.89 bits per heavy atom. The van der Waals surface area contributed by atoms with Gasteiger partial charge in [0.1, 0.15) is 18.1 Å². The second kappa shape index (κ2) is 8.77. The van der Waals surface area contributed by atoms with E-state index in [9.17, 15) is 4.79 Å². The first-order chi connectivity index (χ1) is 13.4. The van der Waals surface area contributed by atoms with Crippen molar-refractivity contribution in [3.8, 4) is 5.75 Å². The molecule has 0 bridgehead atoms. The maximum atomic E-state index is 13.0. The van der Waals surface area contributed by atoms with Gasteiger partial charge in [-0.1, -0.05) is 29.3 Å². The highest BCUT2D eigenvalue weighted by atomic mass is 79.9. The molecule has 0 amide bonds. The first-order valence-corrected chi connectivity index (χ1v) is 10.2. The Balaban J connectivity index is 2.11. The fraction of sp³-hybridized carbons (Fsp3) is 0.450. The highest BCUT2D eigenvalue weighted by Gasteiger charge is 2.36. The van der Waals surface area contributed by atoms with Crippen molar-refractivity contribution < 1.29 is 14.3 Å². The molecule has 0 spiro atoms. The van der Waals surface area contributed by atoms with Crippen LogP contribution < -0.4 is 10.1 Å². The number of nitrogens with zero attached hydrogens (tertiary/aromatic N) is 3. The Morgan fingerprint density at radius 2 is 2.18 bits per heavy atom. The fourth-order valence-corrected chi connectivity index (χ4v) is 3.49. The molecule has 1 aromatic carbocycles. The van der Waals surface area contributed by atoms with E-state index >= 15 is 0 Å². The van der Waals surface area contributed by atoms with E-state index in [0.717, 1.165) is 22.9 Å². The zero-order valence-corrected chi connectivity index (χ0v) is 18.1. The van der Waals surface area contributed by atoms with Crippen LogP contribution in [0.4, 0.5) is 5.95 Å². The van der Waals surface area contributed by atoms with Crippen LogP contribution in [0, 0.1) is 0 Å². The summed E-state index contributed by atoms with van der Waals surface area (Å²) in [6.07, 6.45) is 3.23. The lowest BCUT2D eigenvalue weighted by molar-refractivity contribution is -0.143. The number of nitrogens with one attached hydrogen (secondary N) is 1. The van der Waals surface area contributed by atoms with Crippen LogP contribution in [0.3, 0.4) is 0 Å². The largest absolute Gasteiger partial charge is 0.493 e. The molecule has 2 aromatic rings. The Kier molecular flexibility index (Phi) is 6.39. The minimum atomic E-state index is -0.501. The summed E-state index contributed by atoms with van der Waals surface area (Å²) in [5, 5.41) is 7.50. The molecule has 7 nitrogen and oxygen atoms in total. The number of aromatic nitrogens is 3. The summed E-state index contributed by atoms with van der Waals surface area (Å²) in [4.78, 5) is 17.2. The lowest BCUT2D eigenvalue weighted by Gasteiger charge is -2.29. The van der Waals surface area contributed by atoms with Gasteiger partial charge >= 0.3 is 5.97 Å². The zero-order valence-electron chi connectivity index (χ0n) is 16.5. The van der Waals surface area contributed by atoms with Crippen molar-refractivity contribution in [1.29, 1.82) is 0 Å². The number of esters is 1. The number of rotatable bonds is 7. The lowest BCUT2D eigenvalue weighted by Crippen LogP contribution is -2.31. The van der Waals surface area contributed by atoms with Crippen LogP contribution in [0.25, 0.3) is 0 Å². The molecular weight excluding hydrogens is 424 g/mol. The van der Waals surface area contributed by atoms with Crippen molar-refractivity contribution in [1.82, 2.24) is 14.8 Å². The average Bonchev–Trinajstić information content (AvgIpc) is 3.09. The van der Waals surface area contributed by atoms with Gasteiger partial charge in [-0.15, -0.1) is 0 Å². The number of fused-ring (bicyclic) bond motifs is 1. The van der Waals surface area contributed by atoms with E-state index in [1.807, 2.05) is 39.0 Å². The average molecular weight is 449 g/mol. The van der Waals surface area contributed by atoms with Crippen LogP contribution in [0.1, 0.15) is 52.1 Å². The number of carbonyl (C=O) groups is 1. The van der Waals surface area contributed by atoms with Crippen LogP contribution in [0.15, 0.2) is 40.3 Å². The summed E-state index contributed by atoms with van der Waals surface area (Å²) >= 11 is 3.54. The van der Waals surface area contributed by atoms with Gasteiger partial charge in [0.05, 0.1) is 18.3 Å². The molecule has 1 aromatic heterocycles. The normalized spacial score (nSPS) is 16.0. The van der Waals surface area contributed by atoms with Crippen LogP contribution in [0.5, 0.6) is 5.75 Å². The molecule has 0 aliphatic carbocycles. The lowest BCUT2D eigenvalue weighted by atomic mass is 9.95. The Hall–Kier alpha value is -2.35. The number of hydrogen-bond acceptors (Lipinski definition) is 6. The van der Waals surface area contributed by atoms with E-state index in [-0.39, 0.29) is 12.1 Å². The van der Waals surface area contributed by atoms with Crippen LogP contribution in [-0.4, -0.2) is 33.4 Å². The second-order valence-electron chi connectivity index (χ2n) is 6.93. The number of benzene rings is 1. The first-order valence-electron chi connectivity index (χ1n) is 9.42. The molecule has 1 atom stereocenters. The molecule has 0 saturated heterocycles. The molecule has 1 unspecified atom stereocenters. The van der Waals surface area contributed by atoms with Crippen molar-refractivity contribution in [3.05, 3.63) is 45.8 Å². The molecule has 1 aliphatic rings.